The fourth-order valence-corrected chi connectivity index (χ4v) is 3.35. The summed E-state index contributed by atoms with van der Waals surface area (Å²) in [6.45, 7) is 4.91. The zero-order valence-electron chi connectivity index (χ0n) is 10.1. The number of likely N-dealkylation sites (tertiary alicyclic amines) is 1. The largest absolute Gasteiger partial charge is 0.296 e. The van der Waals surface area contributed by atoms with Crippen LogP contribution in [0, 0.1) is 5.92 Å². The van der Waals surface area contributed by atoms with Crippen LogP contribution in [0.5, 0.6) is 0 Å². The lowest BCUT2D eigenvalue weighted by atomic mass is 9.95. The Bertz CT molecular complexity index is 391. The van der Waals surface area contributed by atoms with Crippen LogP contribution in [0.15, 0.2) is 12.1 Å². The fraction of sp³-hybridized carbons (Fsp3) is 0.615. The second kappa shape index (κ2) is 5.98. The summed E-state index contributed by atoms with van der Waals surface area (Å²) in [5.41, 5.74) is 0. The van der Waals surface area contributed by atoms with Crippen LogP contribution in [0.4, 0.5) is 0 Å². The Morgan fingerprint density at radius 3 is 3.06 bits per heavy atom. The molecule has 4 heteroatoms. The van der Waals surface area contributed by atoms with Crippen molar-refractivity contribution in [3.63, 3.8) is 0 Å². The third kappa shape index (κ3) is 3.54. The summed E-state index contributed by atoms with van der Waals surface area (Å²) in [4.78, 5) is 15.1. The lowest BCUT2D eigenvalue weighted by Gasteiger charge is -2.31. The molecule has 0 aromatic carbocycles. The van der Waals surface area contributed by atoms with Crippen LogP contribution < -0.4 is 0 Å². The molecule has 1 aliphatic rings. The molecule has 0 aliphatic carbocycles. The van der Waals surface area contributed by atoms with Crippen LogP contribution in [0.3, 0.4) is 0 Å². The average molecular weight is 272 g/mol. The van der Waals surface area contributed by atoms with Crippen LogP contribution >= 0.6 is 22.9 Å². The molecular weight excluding hydrogens is 254 g/mol. The molecular formula is C13H18ClNOS. The maximum atomic E-state index is 12.0. The first-order valence-corrected chi connectivity index (χ1v) is 7.39. The van der Waals surface area contributed by atoms with Crippen LogP contribution in [0.1, 0.15) is 35.9 Å². The molecule has 94 valence electrons. The highest BCUT2D eigenvalue weighted by Crippen LogP contribution is 2.23. The normalized spacial score (nSPS) is 21.6. The molecule has 17 heavy (non-hydrogen) atoms. The van der Waals surface area contributed by atoms with Crippen LogP contribution in [-0.4, -0.2) is 30.3 Å². The van der Waals surface area contributed by atoms with Crippen molar-refractivity contribution in [2.45, 2.75) is 26.2 Å². The van der Waals surface area contributed by atoms with Gasteiger partial charge in [0.2, 0.25) is 0 Å². The molecule has 1 aromatic rings. The van der Waals surface area contributed by atoms with Crippen LogP contribution in [-0.2, 0) is 0 Å². The van der Waals surface area contributed by atoms with Gasteiger partial charge in [-0.2, -0.15) is 0 Å². The molecule has 0 saturated carbocycles. The van der Waals surface area contributed by atoms with E-state index in [0.29, 0.717) is 10.9 Å². The molecule has 0 N–H and O–H groups in total. The van der Waals surface area contributed by atoms with Crippen molar-refractivity contribution in [1.29, 1.82) is 0 Å². The molecule has 0 bridgehead atoms. The van der Waals surface area contributed by atoms with E-state index in [1.807, 2.05) is 6.07 Å². The van der Waals surface area contributed by atoms with E-state index in [9.17, 15) is 4.79 Å². The van der Waals surface area contributed by atoms with Gasteiger partial charge in [-0.1, -0.05) is 24.9 Å². The van der Waals surface area contributed by atoms with Gasteiger partial charge in [-0.3, -0.25) is 9.69 Å². The average Bonchev–Trinajstić information content (AvgIpc) is 2.76. The predicted molar refractivity (Wildman–Crippen MR) is 73.1 cm³/mol. The summed E-state index contributed by atoms with van der Waals surface area (Å²) in [7, 11) is 0. The van der Waals surface area contributed by atoms with Gasteiger partial charge >= 0.3 is 0 Å². The quantitative estimate of drug-likeness (QED) is 0.778. The number of rotatable bonds is 4. The van der Waals surface area contributed by atoms with E-state index in [0.717, 1.165) is 23.9 Å². The summed E-state index contributed by atoms with van der Waals surface area (Å²) >= 11 is 7.23. The Hall–Kier alpha value is -0.380. The number of piperidine rings is 1. The highest BCUT2D eigenvalue weighted by molar-refractivity contribution is 7.18. The van der Waals surface area contributed by atoms with E-state index < -0.39 is 0 Å². The second-order valence-corrected chi connectivity index (χ2v) is 6.39. The Labute approximate surface area is 112 Å². The lowest BCUT2D eigenvalue weighted by molar-refractivity contribution is 0.0888. The summed E-state index contributed by atoms with van der Waals surface area (Å²) in [6, 6.07) is 3.63. The first-order valence-electron chi connectivity index (χ1n) is 6.20. The molecule has 2 nitrogen and oxygen atoms in total. The van der Waals surface area contributed by atoms with E-state index in [2.05, 4.69) is 11.8 Å². The van der Waals surface area contributed by atoms with Gasteiger partial charge in [-0.05, 0) is 37.4 Å². The topological polar surface area (TPSA) is 20.3 Å². The van der Waals surface area contributed by atoms with E-state index in [1.54, 1.807) is 6.07 Å². The minimum Gasteiger partial charge on any atom is -0.296 e. The van der Waals surface area contributed by atoms with Gasteiger partial charge in [0, 0.05) is 6.54 Å². The molecule has 1 aliphatic heterocycles. The van der Waals surface area contributed by atoms with Gasteiger partial charge in [-0.25, -0.2) is 0 Å². The first kappa shape index (κ1) is 13.1. The fourth-order valence-electron chi connectivity index (χ4n) is 2.37. The second-order valence-electron chi connectivity index (χ2n) is 4.68. The first-order chi connectivity index (χ1) is 8.19. The molecule has 1 aromatic heterocycles. The summed E-state index contributed by atoms with van der Waals surface area (Å²) < 4.78 is 0.693. The molecule has 0 radical (unpaired) electrons. The maximum Gasteiger partial charge on any atom is 0.186 e. The summed E-state index contributed by atoms with van der Waals surface area (Å²) in [5, 5.41) is 0. The van der Waals surface area contributed by atoms with Crippen molar-refractivity contribution in [2.24, 2.45) is 5.92 Å². The van der Waals surface area contributed by atoms with Gasteiger partial charge in [0.1, 0.15) is 0 Å². The summed E-state index contributed by atoms with van der Waals surface area (Å²) in [6.07, 6.45) is 3.75. The molecule has 1 atom stereocenters. The molecule has 2 rings (SSSR count). The molecule has 1 saturated heterocycles. The zero-order chi connectivity index (χ0) is 12.3. The van der Waals surface area contributed by atoms with Gasteiger partial charge < -0.3 is 0 Å². The number of halogens is 1. The zero-order valence-corrected chi connectivity index (χ0v) is 11.7. The number of carbonyl (C=O) groups is 1. The van der Waals surface area contributed by atoms with Gasteiger partial charge in [0.05, 0.1) is 15.8 Å². The molecule has 0 spiro atoms. The Morgan fingerprint density at radius 2 is 2.41 bits per heavy atom. The molecule has 0 amide bonds. The number of hydrogen-bond donors (Lipinski definition) is 0. The minimum absolute atomic E-state index is 0.207. The van der Waals surface area contributed by atoms with Crippen molar-refractivity contribution in [3.8, 4) is 0 Å². The van der Waals surface area contributed by atoms with Gasteiger partial charge in [0.25, 0.3) is 0 Å². The van der Waals surface area contributed by atoms with E-state index >= 15 is 0 Å². The van der Waals surface area contributed by atoms with Gasteiger partial charge in [-0.15, -0.1) is 11.3 Å². The van der Waals surface area contributed by atoms with E-state index in [1.165, 1.54) is 30.6 Å². The van der Waals surface area contributed by atoms with Crippen LogP contribution in [0.2, 0.25) is 4.34 Å². The third-order valence-electron chi connectivity index (χ3n) is 3.40. The number of hydrogen-bond acceptors (Lipinski definition) is 3. The van der Waals surface area contributed by atoms with Gasteiger partial charge in [0.15, 0.2) is 5.78 Å². The van der Waals surface area contributed by atoms with Crippen molar-refractivity contribution in [1.82, 2.24) is 4.90 Å². The highest BCUT2D eigenvalue weighted by Gasteiger charge is 2.21. The highest BCUT2D eigenvalue weighted by atomic mass is 35.5. The lowest BCUT2D eigenvalue weighted by Crippen LogP contribution is -2.38. The number of carbonyl (C=O) groups excluding carboxylic acids is 1. The Balaban J connectivity index is 1.90. The number of ketones is 1. The van der Waals surface area contributed by atoms with Crippen molar-refractivity contribution < 1.29 is 4.79 Å². The van der Waals surface area contributed by atoms with E-state index in [-0.39, 0.29) is 5.78 Å². The molecule has 1 fully saturated rings. The smallest absolute Gasteiger partial charge is 0.186 e. The maximum absolute atomic E-state index is 12.0. The Kier molecular flexibility index (Phi) is 4.60. The Morgan fingerprint density at radius 1 is 1.59 bits per heavy atom. The van der Waals surface area contributed by atoms with Crippen LogP contribution in [0.25, 0.3) is 0 Å². The molecule has 2 heterocycles. The van der Waals surface area contributed by atoms with Crippen molar-refractivity contribution in [2.75, 3.05) is 19.6 Å². The SMILES string of the molecule is CCC1CCCN(CC(=O)c2ccc(Cl)s2)C1. The van der Waals surface area contributed by atoms with Crippen molar-refractivity contribution >= 4 is 28.7 Å². The molecule has 1 unspecified atom stereocenters. The predicted octanol–water partition coefficient (Wildman–Crippen LogP) is 3.71. The van der Waals surface area contributed by atoms with Crippen molar-refractivity contribution in [3.05, 3.63) is 21.3 Å². The number of thiophene rings is 1. The number of Topliss-reactive ketones (excluding diaryl/α,β-unsaturated/α-hetero) is 1. The summed E-state index contributed by atoms with van der Waals surface area (Å²) in [5.74, 6) is 0.974. The monoisotopic (exact) mass is 271 g/mol. The number of nitrogens with zero attached hydrogens (tertiary/aromatic N) is 1. The minimum atomic E-state index is 0.207. The van der Waals surface area contributed by atoms with E-state index in [4.69, 9.17) is 11.6 Å². The third-order valence-corrected chi connectivity index (χ3v) is 4.67. The standard InChI is InChI=1S/C13H18ClNOS/c1-2-10-4-3-7-15(8-10)9-11(16)12-5-6-13(14)17-12/h5-6,10H,2-4,7-9H2,1H3.